The number of hydrogen-bond acceptors (Lipinski definition) is 3. The molecule has 112 valence electrons. The van der Waals surface area contributed by atoms with Crippen LogP contribution in [0.3, 0.4) is 0 Å². The molecular weight excluding hydrogens is 278 g/mol. The molecule has 3 rings (SSSR count). The van der Waals surface area contributed by atoms with Gasteiger partial charge in [-0.2, -0.15) is 0 Å². The molecule has 0 aliphatic heterocycles. The fourth-order valence-electron chi connectivity index (χ4n) is 2.33. The molecule has 0 bridgehead atoms. The van der Waals surface area contributed by atoms with Gasteiger partial charge >= 0.3 is 0 Å². The van der Waals surface area contributed by atoms with Crippen molar-refractivity contribution < 1.29 is 9.53 Å². The molecule has 1 aromatic carbocycles. The molecule has 0 spiro atoms. The SMILES string of the molecule is COc1ccc(CNC(=O)c2cccn3cc(C)nc23)cc1. The number of imidazole rings is 1. The van der Waals surface area contributed by atoms with Crippen molar-refractivity contribution in [3.63, 3.8) is 0 Å². The van der Waals surface area contributed by atoms with E-state index in [0.717, 1.165) is 17.0 Å². The molecule has 0 atom stereocenters. The van der Waals surface area contributed by atoms with Gasteiger partial charge in [0.2, 0.25) is 0 Å². The highest BCUT2D eigenvalue weighted by Crippen LogP contribution is 2.13. The molecule has 1 amide bonds. The minimum Gasteiger partial charge on any atom is -0.497 e. The number of pyridine rings is 1. The molecule has 5 heteroatoms. The van der Waals surface area contributed by atoms with Crippen molar-refractivity contribution in [2.75, 3.05) is 7.11 Å². The van der Waals surface area contributed by atoms with Crippen LogP contribution in [0.25, 0.3) is 5.65 Å². The van der Waals surface area contributed by atoms with Crippen LogP contribution in [0.5, 0.6) is 5.75 Å². The number of carbonyl (C=O) groups is 1. The number of nitrogens with zero attached hydrogens (tertiary/aromatic N) is 2. The average Bonchev–Trinajstić information content (AvgIpc) is 2.93. The van der Waals surface area contributed by atoms with E-state index in [1.54, 1.807) is 13.2 Å². The van der Waals surface area contributed by atoms with Crippen LogP contribution in [-0.4, -0.2) is 22.4 Å². The summed E-state index contributed by atoms with van der Waals surface area (Å²) in [6, 6.07) is 11.2. The van der Waals surface area contributed by atoms with E-state index in [-0.39, 0.29) is 5.91 Å². The molecule has 3 aromatic rings. The zero-order valence-electron chi connectivity index (χ0n) is 12.5. The van der Waals surface area contributed by atoms with Gasteiger partial charge in [0.05, 0.1) is 18.4 Å². The maximum atomic E-state index is 12.4. The van der Waals surface area contributed by atoms with Gasteiger partial charge in [0.25, 0.3) is 5.91 Å². The molecule has 0 radical (unpaired) electrons. The summed E-state index contributed by atoms with van der Waals surface area (Å²) in [5.41, 5.74) is 3.15. The van der Waals surface area contributed by atoms with Gasteiger partial charge in [-0.15, -0.1) is 0 Å². The summed E-state index contributed by atoms with van der Waals surface area (Å²) in [5, 5.41) is 2.92. The van der Waals surface area contributed by atoms with Crippen LogP contribution in [0.4, 0.5) is 0 Å². The van der Waals surface area contributed by atoms with Gasteiger partial charge in [-0.1, -0.05) is 12.1 Å². The quantitative estimate of drug-likeness (QED) is 0.805. The smallest absolute Gasteiger partial charge is 0.255 e. The molecule has 0 unspecified atom stereocenters. The fourth-order valence-corrected chi connectivity index (χ4v) is 2.33. The van der Waals surface area contributed by atoms with Gasteiger partial charge < -0.3 is 14.5 Å². The Hall–Kier alpha value is -2.82. The third kappa shape index (κ3) is 2.79. The second-order valence-corrected chi connectivity index (χ2v) is 5.07. The van der Waals surface area contributed by atoms with E-state index in [0.29, 0.717) is 17.8 Å². The van der Waals surface area contributed by atoms with Crippen molar-refractivity contribution in [3.05, 3.63) is 65.6 Å². The zero-order valence-corrected chi connectivity index (χ0v) is 12.5. The number of aryl methyl sites for hydroxylation is 1. The molecule has 5 nitrogen and oxygen atoms in total. The van der Waals surface area contributed by atoms with E-state index in [2.05, 4.69) is 10.3 Å². The average molecular weight is 295 g/mol. The number of ether oxygens (including phenoxy) is 1. The second-order valence-electron chi connectivity index (χ2n) is 5.07. The first-order chi connectivity index (χ1) is 10.7. The Labute approximate surface area is 128 Å². The third-order valence-corrected chi connectivity index (χ3v) is 3.46. The van der Waals surface area contributed by atoms with E-state index in [4.69, 9.17) is 4.74 Å². The van der Waals surface area contributed by atoms with Crippen LogP contribution in [0.15, 0.2) is 48.8 Å². The molecular formula is C17H17N3O2. The van der Waals surface area contributed by atoms with Crippen molar-refractivity contribution >= 4 is 11.6 Å². The van der Waals surface area contributed by atoms with Crippen molar-refractivity contribution in [1.82, 2.24) is 14.7 Å². The third-order valence-electron chi connectivity index (χ3n) is 3.46. The van der Waals surface area contributed by atoms with Crippen LogP contribution in [0, 0.1) is 6.92 Å². The normalized spacial score (nSPS) is 10.6. The van der Waals surface area contributed by atoms with Gasteiger partial charge in [-0.25, -0.2) is 4.98 Å². The Bertz CT molecular complexity index is 806. The highest BCUT2D eigenvalue weighted by molar-refractivity contribution is 5.99. The van der Waals surface area contributed by atoms with Crippen molar-refractivity contribution in [3.8, 4) is 5.75 Å². The van der Waals surface area contributed by atoms with Crippen molar-refractivity contribution in [2.45, 2.75) is 13.5 Å². The van der Waals surface area contributed by atoms with E-state index in [1.165, 1.54) is 0 Å². The van der Waals surface area contributed by atoms with Crippen LogP contribution >= 0.6 is 0 Å². The van der Waals surface area contributed by atoms with Crippen LogP contribution in [0.2, 0.25) is 0 Å². The molecule has 2 heterocycles. The largest absolute Gasteiger partial charge is 0.497 e. The first-order valence-electron chi connectivity index (χ1n) is 7.03. The van der Waals surface area contributed by atoms with Gasteiger partial charge in [-0.05, 0) is 36.8 Å². The number of benzene rings is 1. The minimum absolute atomic E-state index is 0.132. The molecule has 0 fully saturated rings. The van der Waals surface area contributed by atoms with Crippen LogP contribution < -0.4 is 10.1 Å². The Morgan fingerprint density at radius 2 is 2.05 bits per heavy atom. The molecule has 1 N–H and O–H groups in total. The number of methoxy groups -OCH3 is 1. The van der Waals surface area contributed by atoms with Crippen LogP contribution in [-0.2, 0) is 6.54 Å². The molecule has 0 aliphatic carbocycles. The lowest BCUT2D eigenvalue weighted by atomic mass is 10.2. The second kappa shape index (κ2) is 5.89. The lowest BCUT2D eigenvalue weighted by molar-refractivity contribution is 0.0952. The summed E-state index contributed by atoms with van der Waals surface area (Å²) in [6.07, 6.45) is 3.78. The first-order valence-corrected chi connectivity index (χ1v) is 7.03. The van der Waals surface area contributed by atoms with Gasteiger partial charge in [0, 0.05) is 18.9 Å². The molecule has 22 heavy (non-hydrogen) atoms. The fraction of sp³-hybridized carbons (Fsp3) is 0.176. The molecule has 0 aliphatic rings. The Morgan fingerprint density at radius 1 is 1.27 bits per heavy atom. The maximum absolute atomic E-state index is 12.4. The number of nitrogens with one attached hydrogen (secondary N) is 1. The maximum Gasteiger partial charge on any atom is 0.255 e. The van der Waals surface area contributed by atoms with Crippen molar-refractivity contribution in [1.29, 1.82) is 0 Å². The number of fused-ring (bicyclic) bond motifs is 1. The Morgan fingerprint density at radius 3 is 2.77 bits per heavy atom. The molecule has 0 saturated heterocycles. The van der Waals surface area contributed by atoms with Gasteiger partial charge in [0.1, 0.15) is 11.4 Å². The number of carbonyl (C=O) groups excluding carboxylic acids is 1. The summed E-state index contributed by atoms with van der Waals surface area (Å²) in [5.74, 6) is 0.666. The van der Waals surface area contributed by atoms with Gasteiger partial charge in [0.15, 0.2) is 0 Å². The van der Waals surface area contributed by atoms with E-state index >= 15 is 0 Å². The van der Waals surface area contributed by atoms with E-state index in [9.17, 15) is 4.79 Å². The summed E-state index contributed by atoms with van der Waals surface area (Å²) < 4.78 is 6.97. The Balaban J connectivity index is 1.75. The van der Waals surface area contributed by atoms with Gasteiger partial charge in [-0.3, -0.25) is 4.79 Å². The summed E-state index contributed by atoms with van der Waals surface area (Å²) in [7, 11) is 1.63. The predicted octanol–water partition coefficient (Wildman–Crippen LogP) is 2.58. The highest BCUT2D eigenvalue weighted by Gasteiger charge is 2.11. The minimum atomic E-state index is -0.132. The van der Waals surface area contributed by atoms with Crippen LogP contribution in [0.1, 0.15) is 21.6 Å². The molecule has 0 saturated carbocycles. The Kier molecular flexibility index (Phi) is 3.78. The topological polar surface area (TPSA) is 55.6 Å². The summed E-state index contributed by atoms with van der Waals surface area (Å²) in [4.78, 5) is 16.8. The number of amides is 1. The summed E-state index contributed by atoms with van der Waals surface area (Å²) in [6.45, 7) is 2.37. The lowest BCUT2D eigenvalue weighted by Crippen LogP contribution is -2.23. The first kappa shape index (κ1) is 14.1. The molecule has 2 aromatic heterocycles. The lowest BCUT2D eigenvalue weighted by Gasteiger charge is -2.07. The highest BCUT2D eigenvalue weighted by atomic mass is 16.5. The zero-order chi connectivity index (χ0) is 15.5. The number of aromatic nitrogens is 2. The predicted molar refractivity (Wildman–Crippen MR) is 84.1 cm³/mol. The monoisotopic (exact) mass is 295 g/mol. The number of rotatable bonds is 4. The van der Waals surface area contributed by atoms with E-state index in [1.807, 2.05) is 54.0 Å². The summed E-state index contributed by atoms with van der Waals surface area (Å²) >= 11 is 0. The number of hydrogen-bond donors (Lipinski definition) is 1. The van der Waals surface area contributed by atoms with Crippen molar-refractivity contribution in [2.24, 2.45) is 0 Å². The standard InChI is InChI=1S/C17H17N3O2/c1-12-11-20-9-3-4-15(16(20)19-12)17(21)18-10-13-5-7-14(22-2)8-6-13/h3-9,11H,10H2,1-2H3,(H,18,21). The van der Waals surface area contributed by atoms with E-state index < -0.39 is 0 Å².